The summed E-state index contributed by atoms with van der Waals surface area (Å²) in [5, 5.41) is 0. The van der Waals surface area contributed by atoms with Crippen LogP contribution >= 0.6 is 0 Å². The molecule has 6 heteroatoms. The Labute approximate surface area is 155 Å². The highest BCUT2D eigenvalue weighted by molar-refractivity contribution is 5.85. The summed E-state index contributed by atoms with van der Waals surface area (Å²) in [6.07, 6.45) is 4.56. The number of carbonyl (C=O) groups is 2. The number of nitrogens with zero attached hydrogens (tertiary/aromatic N) is 2. The minimum absolute atomic E-state index is 0.0643. The predicted molar refractivity (Wildman–Crippen MR) is 98.2 cm³/mol. The fourth-order valence-corrected chi connectivity index (χ4v) is 3.61. The first-order valence-electron chi connectivity index (χ1n) is 9.48. The monoisotopic (exact) mass is 360 g/mol. The zero-order valence-electron chi connectivity index (χ0n) is 15.5. The van der Waals surface area contributed by atoms with E-state index in [4.69, 9.17) is 9.47 Å². The van der Waals surface area contributed by atoms with Gasteiger partial charge in [0.2, 0.25) is 11.8 Å². The number of carbonyl (C=O) groups excluding carboxylic acids is 2. The smallest absolute Gasteiger partial charge is 0.242 e. The van der Waals surface area contributed by atoms with Crippen LogP contribution in [0.4, 0.5) is 0 Å². The van der Waals surface area contributed by atoms with Crippen molar-refractivity contribution >= 4 is 11.8 Å². The molecule has 1 atom stereocenters. The zero-order chi connectivity index (χ0) is 18.4. The lowest BCUT2D eigenvalue weighted by Crippen LogP contribution is -2.48. The summed E-state index contributed by atoms with van der Waals surface area (Å²) in [5.74, 6) is 2.12. The molecule has 0 spiro atoms. The van der Waals surface area contributed by atoms with E-state index in [1.807, 2.05) is 29.2 Å². The van der Waals surface area contributed by atoms with Crippen LogP contribution in [0.5, 0.6) is 11.5 Å². The van der Waals surface area contributed by atoms with Crippen LogP contribution in [0.1, 0.15) is 32.1 Å². The lowest BCUT2D eigenvalue weighted by molar-refractivity contribution is -0.143. The first-order valence-corrected chi connectivity index (χ1v) is 9.48. The number of amides is 2. The normalized spacial score (nSPS) is 20.8. The van der Waals surface area contributed by atoms with E-state index in [2.05, 4.69) is 0 Å². The Morgan fingerprint density at radius 2 is 1.88 bits per heavy atom. The van der Waals surface area contributed by atoms with Crippen LogP contribution in [0.2, 0.25) is 0 Å². The van der Waals surface area contributed by atoms with E-state index in [1.165, 1.54) is 0 Å². The molecule has 2 fully saturated rings. The molecule has 3 rings (SSSR count). The van der Waals surface area contributed by atoms with E-state index < -0.39 is 0 Å². The Morgan fingerprint density at radius 3 is 2.62 bits per heavy atom. The Balaban J connectivity index is 1.46. The van der Waals surface area contributed by atoms with Crippen LogP contribution in [0.15, 0.2) is 24.3 Å². The molecule has 2 aliphatic rings. The molecule has 2 heterocycles. The van der Waals surface area contributed by atoms with Gasteiger partial charge in [0.05, 0.1) is 20.3 Å². The van der Waals surface area contributed by atoms with Crippen molar-refractivity contribution < 1.29 is 19.1 Å². The Kier molecular flexibility index (Phi) is 6.36. The molecular formula is C20H28N2O4. The average molecular weight is 360 g/mol. The van der Waals surface area contributed by atoms with Gasteiger partial charge in [-0.1, -0.05) is 0 Å². The lowest BCUT2D eigenvalue weighted by atomic mass is 9.99. The molecule has 1 aromatic rings. The SMILES string of the molecule is COc1ccc(OCC2CCCN(C(=O)CN3CCCCC3=O)C2)cc1. The Bertz CT molecular complexity index is 617. The van der Waals surface area contributed by atoms with Crippen molar-refractivity contribution in [1.82, 2.24) is 9.80 Å². The molecule has 0 aromatic heterocycles. The van der Waals surface area contributed by atoms with Crippen molar-refractivity contribution in [3.8, 4) is 11.5 Å². The maximum absolute atomic E-state index is 12.6. The highest BCUT2D eigenvalue weighted by Crippen LogP contribution is 2.21. The third kappa shape index (κ3) is 4.90. The summed E-state index contributed by atoms with van der Waals surface area (Å²) in [5.41, 5.74) is 0. The van der Waals surface area contributed by atoms with Crippen molar-refractivity contribution in [3.05, 3.63) is 24.3 Å². The van der Waals surface area contributed by atoms with Gasteiger partial charge in [0, 0.05) is 32.0 Å². The maximum Gasteiger partial charge on any atom is 0.242 e. The van der Waals surface area contributed by atoms with Gasteiger partial charge in [0.15, 0.2) is 0 Å². The van der Waals surface area contributed by atoms with E-state index in [0.29, 0.717) is 32.0 Å². The third-order valence-corrected chi connectivity index (χ3v) is 5.16. The number of likely N-dealkylation sites (tertiary alicyclic amines) is 2. The summed E-state index contributed by atoms with van der Waals surface area (Å²) in [6.45, 7) is 3.02. The van der Waals surface area contributed by atoms with Gasteiger partial charge in [-0.05, 0) is 49.9 Å². The second-order valence-corrected chi connectivity index (χ2v) is 7.11. The van der Waals surface area contributed by atoms with Gasteiger partial charge in [-0.2, -0.15) is 0 Å². The quantitative estimate of drug-likeness (QED) is 0.781. The van der Waals surface area contributed by atoms with Crippen molar-refractivity contribution in [2.24, 2.45) is 5.92 Å². The zero-order valence-corrected chi connectivity index (χ0v) is 15.5. The molecule has 2 aliphatic heterocycles. The van der Waals surface area contributed by atoms with Crippen LogP contribution in [0.3, 0.4) is 0 Å². The largest absolute Gasteiger partial charge is 0.497 e. The number of piperidine rings is 2. The Morgan fingerprint density at radius 1 is 1.12 bits per heavy atom. The number of hydrogen-bond acceptors (Lipinski definition) is 4. The average Bonchev–Trinajstić information content (AvgIpc) is 2.69. The number of benzene rings is 1. The fourth-order valence-electron chi connectivity index (χ4n) is 3.61. The first-order chi connectivity index (χ1) is 12.7. The van der Waals surface area contributed by atoms with Crippen molar-refractivity contribution in [3.63, 3.8) is 0 Å². The van der Waals surface area contributed by atoms with E-state index >= 15 is 0 Å². The van der Waals surface area contributed by atoms with Crippen LogP contribution < -0.4 is 9.47 Å². The minimum atomic E-state index is 0.0643. The molecule has 0 N–H and O–H groups in total. The molecule has 26 heavy (non-hydrogen) atoms. The molecule has 1 unspecified atom stereocenters. The van der Waals surface area contributed by atoms with E-state index in [-0.39, 0.29) is 18.4 Å². The van der Waals surface area contributed by atoms with Crippen LogP contribution in [-0.2, 0) is 9.59 Å². The van der Waals surface area contributed by atoms with Gasteiger partial charge < -0.3 is 19.3 Å². The van der Waals surface area contributed by atoms with Gasteiger partial charge in [-0.15, -0.1) is 0 Å². The third-order valence-electron chi connectivity index (χ3n) is 5.16. The number of hydrogen-bond donors (Lipinski definition) is 0. The van der Waals surface area contributed by atoms with E-state index in [1.54, 1.807) is 12.0 Å². The minimum Gasteiger partial charge on any atom is -0.497 e. The van der Waals surface area contributed by atoms with Gasteiger partial charge in [0.25, 0.3) is 0 Å². The van der Waals surface area contributed by atoms with Crippen molar-refractivity contribution in [2.75, 3.05) is 39.9 Å². The number of rotatable bonds is 6. The van der Waals surface area contributed by atoms with Crippen LogP contribution in [0.25, 0.3) is 0 Å². The van der Waals surface area contributed by atoms with Crippen molar-refractivity contribution in [2.45, 2.75) is 32.1 Å². The summed E-state index contributed by atoms with van der Waals surface area (Å²) < 4.78 is 11.0. The summed E-state index contributed by atoms with van der Waals surface area (Å²) in [6, 6.07) is 7.54. The maximum atomic E-state index is 12.6. The van der Waals surface area contributed by atoms with Gasteiger partial charge in [0.1, 0.15) is 11.5 Å². The first kappa shape index (κ1) is 18.5. The molecule has 2 saturated heterocycles. The Hall–Kier alpha value is -2.24. The van der Waals surface area contributed by atoms with E-state index in [0.717, 1.165) is 43.7 Å². The topological polar surface area (TPSA) is 59.1 Å². The van der Waals surface area contributed by atoms with Crippen molar-refractivity contribution in [1.29, 1.82) is 0 Å². The summed E-state index contributed by atoms with van der Waals surface area (Å²) in [4.78, 5) is 28.1. The molecule has 6 nitrogen and oxygen atoms in total. The fraction of sp³-hybridized carbons (Fsp3) is 0.600. The highest BCUT2D eigenvalue weighted by Gasteiger charge is 2.27. The number of ether oxygens (including phenoxy) is 2. The molecule has 0 radical (unpaired) electrons. The highest BCUT2D eigenvalue weighted by atomic mass is 16.5. The lowest BCUT2D eigenvalue weighted by Gasteiger charge is -2.35. The summed E-state index contributed by atoms with van der Waals surface area (Å²) in [7, 11) is 1.64. The summed E-state index contributed by atoms with van der Waals surface area (Å²) >= 11 is 0. The van der Waals surface area contributed by atoms with Crippen LogP contribution in [-0.4, -0.2) is 61.5 Å². The van der Waals surface area contributed by atoms with Gasteiger partial charge in [-0.25, -0.2) is 0 Å². The predicted octanol–water partition coefficient (Wildman–Crippen LogP) is 2.33. The molecule has 1 aromatic carbocycles. The van der Waals surface area contributed by atoms with E-state index in [9.17, 15) is 9.59 Å². The second-order valence-electron chi connectivity index (χ2n) is 7.11. The van der Waals surface area contributed by atoms with Crippen LogP contribution in [0, 0.1) is 5.92 Å². The second kappa shape index (κ2) is 8.92. The standard InChI is InChI=1S/C20H28N2O4/c1-25-17-7-9-18(10-8-17)26-15-16-5-4-12-21(13-16)20(24)14-22-11-3-2-6-19(22)23/h7-10,16H,2-6,11-15H2,1H3. The molecule has 142 valence electrons. The molecular weight excluding hydrogens is 332 g/mol. The molecule has 0 saturated carbocycles. The molecule has 0 bridgehead atoms. The molecule has 0 aliphatic carbocycles. The van der Waals surface area contributed by atoms with Gasteiger partial charge >= 0.3 is 0 Å². The number of methoxy groups -OCH3 is 1. The van der Waals surface area contributed by atoms with Gasteiger partial charge in [-0.3, -0.25) is 9.59 Å². The molecule has 2 amide bonds.